The molecule has 2 N–H and O–H groups in total. The summed E-state index contributed by atoms with van der Waals surface area (Å²) in [6.45, 7) is 11.5. The minimum Gasteiger partial charge on any atom is -0.490 e. The molecule has 0 amide bonds. The van der Waals surface area contributed by atoms with Gasteiger partial charge in [-0.15, -0.1) is 0 Å². The van der Waals surface area contributed by atoms with Gasteiger partial charge in [-0.05, 0) is 38.3 Å². The van der Waals surface area contributed by atoms with Gasteiger partial charge >= 0.3 is 0 Å². The van der Waals surface area contributed by atoms with Crippen LogP contribution in [0.25, 0.3) is 0 Å². The lowest BCUT2D eigenvalue weighted by Gasteiger charge is -2.29. The molecule has 0 fully saturated rings. The minimum absolute atomic E-state index is 0.157. The lowest BCUT2D eigenvalue weighted by atomic mass is 9.93. The SMILES string of the molecule is CCCNC(CC)c1ccccc1OCC(C)(O)C(C)C. The van der Waals surface area contributed by atoms with Crippen LogP contribution in [-0.4, -0.2) is 23.9 Å². The molecule has 0 aliphatic rings. The molecule has 0 aromatic heterocycles. The summed E-state index contributed by atoms with van der Waals surface area (Å²) in [4.78, 5) is 0. The molecule has 0 saturated carbocycles. The Morgan fingerprint density at radius 3 is 2.48 bits per heavy atom. The van der Waals surface area contributed by atoms with Crippen molar-refractivity contribution < 1.29 is 9.84 Å². The van der Waals surface area contributed by atoms with Gasteiger partial charge in [0.2, 0.25) is 0 Å². The lowest BCUT2D eigenvalue weighted by molar-refractivity contribution is -0.0269. The van der Waals surface area contributed by atoms with Crippen molar-refractivity contribution in [3.8, 4) is 5.75 Å². The van der Waals surface area contributed by atoms with E-state index in [0.29, 0.717) is 12.6 Å². The molecule has 120 valence electrons. The van der Waals surface area contributed by atoms with Crippen LogP contribution in [0.15, 0.2) is 24.3 Å². The number of rotatable bonds is 9. The largest absolute Gasteiger partial charge is 0.490 e. The number of hydrogen-bond donors (Lipinski definition) is 2. The fraction of sp³-hybridized carbons (Fsp3) is 0.667. The van der Waals surface area contributed by atoms with Gasteiger partial charge in [-0.3, -0.25) is 0 Å². The highest BCUT2D eigenvalue weighted by Gasteiger charge is 2.26. The van der Waals surface area contributed by atoms with E-state index < -0.39 is 5.60 Å². The van der Waals surface area contributed by atoms with Gasteiger partial charge in [0.25, 0.3) is 0 Å². The van der Waals surface area contributed by atoms with E-state index in [1.807, 2.05) is 39.0 Å². The third-order valence-electron chi connectivity index (χ3n) is 4.11. The molecule has 2 atom stereocenters. The molecule has 0 aliphatic heterocycles. The first-order valence-corrected chi connectivity index (χ1v) is 8.09. The standard InChI is InChI=1S/C18H31NO2/c1-6-12-19-16(7-2)15-10-8-9-11-17(15)21-13-18(5,20)14(3)4/h8-11,14,16,19-20H,6-7,12-13H2,1-5H3. The van der Waals surface area contributed by atoms with Gasteiger partial charge < -0.3 is 15.2 Å². The van der Waals surface area contributed by atoms with E-state index in [-0.39, 0.29) is 5.92 Å². The minimum atomic E-state index is -0.814. The summed E-state index contributed by atoms with van der Waals surface area (Å²) in [5, 5.41) is 13.9. The van der Waals surface area contributed by atoms with E-state index in [2.05, 4.69) is 25.2 Å². The molecule has 0 saturated heterocycles. The van der Waals surface area contributed by atoms with Crippen molar-refractivity contribution in [3.05, 3.63) is 29.8 Å². The maximum atomic E-state index is 10.3. The summed E-state index contributed by atoms with van der Waals surface area (Å²) in [5.74, 6) is 1.03. The molecular formula is C18H31NO2. The number of para-hydroxylation sites is 1. The smallest absolute Gasteiger partial charge is 0.124 e. The molecule has 21 heavy (non-hydrogen) atoms. The van der Waals surface area contributed by atoms with Gasteiger partial charge in [0, 0.05) is 11.6 Å². The lowest BCUT2D eigenvalue weighted by Crippen LogP contribution is -2.38. The Morgan fingerprint density at radius 1 is 1.24 bits per heavy atom. The predicted molar refractivity (Wildman–Crippen MR) is 88.7 cm³/mol. The summed E-state index contributed by atoms with van der Waals surface area (Å²) >= 11 is 0. The summed E-state index contributed by atoms with van der Waals surface area (Å²) in [5.41, 5.74) is 0.360. The maximum absolute atomic E-state index is 10.3. The second kappa shape index (κ2) is 8.40. The van der Waals surface area contributed by atoms with Gasteiger partial charge in [0.1, 0.15) is 12.4 Å². The van der Waals surface area contributed by atoms with Gasteiger partial charge in [-0.1, -0.05) is 45.9 Å². The Balaban J connectivity index is 2.83. The van der Waals surface area contributed by atoms with Crippen LogP contribution >= 0.6 is 0 Å². The Morgan fingerprint density at radius 2 is 1.90 bits per heavy atom. The van der Waals surface area contributed by atoms with Crippen LogP contribution in [-0.2, 0) is 0 Å². The monoisotopic (exact) mass is 293 g/mol. The third-order valence-corrected chi connectivity index (χ3v) is 4.11. The fourth-order valence-electron chi connectivity index (χ4n) is 2.08. The van der Waals surface area contributed by atoms with Crippen LogP contribution in [0.4, 0.5) is 0 Å². The summed E-state index contributed by atoms with van der Waals surface area (Å²) in [6, 6.07) is 8.41. The Labute approximate surface area is 129 Å². The van der Waals surface area contributed by atoms with Gasteiger partial charge in [-0.2, -0.15) is 0 Å². The van der Waals surface area contributed by atoms with E-state index in [1.54, 1.807) is 0 Å². The Hall–Kier alpha value is -1.06. The van der Waals surface area contributed by atoms with Crippen molar-refractivity contribution in [3.63, 3.8) is 0 Å². The highest BCUT2D eigenvalue weighted by molar-refractivity contribution is 5.36. The summed E-state index contributed by atoms with van der Waals surface area (Å²) in [7, 11) is 0. The Bertz CT molecular complexity index is 415. The number of aliphatic hydroxyl groups is 1. The molecule has 3 heteroatoms. The van der Waals surface area contributed by atoms with Crippen molar-refractivity contribution in [1.29, 1.82) is 0 Å². The molecule has 0 aliphatic carbocycles. The van der Waals surface area contributed by atoms with E-state index in [0.717, 1.165) is 25.1 Å². The highest BCUT2D eigenvalue weighted by atomic mass is 16.5. The van der Waals surface area contributed by atoms with Gasteiger partial charge in [0.05, 0.1) is 5.60 Å². The summed E-state index contributed by atoms with van der Waals surface area (Å²) in [6.07, 6.45) is 2.13. The van der Waals surface area contributed by atoms with E-state index >= 15 is 0 Å². The third kappa shape index (κ3) is 5.33. The van der Waals surface area contributed by atoms with Gasteiger partial charge in [0.15, 0.2) is 0 Å². The zero-order chi connectivity index (χ0) is 15.9. The fourth-order valence-corrected chi connectivity index (χ4v) is 2.08. The van der Waals surface area contributed by atoms with Crippen molar-refractivity contribution in [1.82, 2.24) is 5.32 Å². The van der Waals surface area contributed by atoms with Crippen molar-refractivity contribution >= 4 is 0 Å². The normalized spacial score (nSPS) is 15.8. The number of benzene rings is 1. The zero-order valence-electron chi connectivity index (χ0n) is 14.1. The van der Waals surface area contributed by atoms with Crippen LogP contribution in [0.5, 0.6) is 5.75 Å². The Kier molecular flexibility index (Phi) is 7.20. The van der Waals surface area contributed by atoms with Crippen molar-refractivity contribution in [2.24, 2.45) is 5.92 Å². The second-order valence-electron chi connectivity index (χ2n) is 6.25. The average molecular weight is 293 g/mol. The molecule has 3 nitrogen and oxygen atoms in total. The number of hydrogen-bond acceptors (Lipinski definition) is 3. The zero-order valence-corrected chi connectivity index (χ0v) is 14.1. The van der Waals surface area contributed by atoms with Crippen molar-refractivity contribution in [2.45, 2.75) is 59.1 Å². The molecule has 0 bridgehead atoms. The number of ether oxygens (including phenoxy) is 1. The second-order valence-corrected chi connectivity index (χ2v) is 6.25. The summed E-state index contributed by atoms with van der Waals surface area (Å²) < 4.78 is 5.94. The molecule has 2 unspecified atom stereocenters. The first-order chi connectivity index (χ1) is 9.92. The van der Waals surface area contributed by atoms with Crippen LogP contribution < -0.4 is 10.1 Å². The molecule has 1 rings (SSSR count). The quantitative estimate of drug-likeness (QED) is 0.725. The molecule has 0 heterocycles. The predicted octanol–water partition coefficient (Wildman–Crippen LogP) is 3.92. The van der Waals surface area contributed by atoms with E-state index in [9.17, 15) is 5.11 Å². The van der Waals surface area contributed by atoms with Gasteiger partial charge in [-0.25, -0.2) is 0 Å². The molecule has 1 aromatic carbocycles. The van der Waals surface area contributed by atoms with E-state index in [4.69, 9.17) is 4.74 Å². The maximum Gasteiger partial charge on any atom is 0.124 e. The molecule has 0 radical (unpaired) electrons. The molecule has 1 aromatic rings. The van der Waals surface area contributed by atoms with Crippen LogP contribution in [0, 0.1) is 5.92 Å². The first-order valence-electron chi connectivity index (χ1n) is 8.09. The van der Waals surface area contributed by atoms with E-state index in [1.165, 1.54) is 5.56 Å². The van der Waals surface area contributed by atoms with Crippen molar-refractivity contribution in [2.75, 3.05) is 13.2 Å². The topological polar surface area (TPSA) is 41.5 Å². The average Bonchev–Trinajstić information content (AvgIpc) is 2.47. The number of nitrogens with one attached hydrogen (secondary N) is 1. The molecule has 0 spiro atoms. The molecular weight excluding hydrogens is 262 g/mol. The van der Waals surface area contributed by atoms with Crippen LogP contribution in [0.1, 0.15) is 59.1 Å². The highest BCUT2D eigenvalue weighted by Crippen LogP contribution is 2.28. The van der Waals surface area contributed by atoms with Crippen LogP contribution in [0.3, 0.4) is 0 Å². The first kappa shape index (κ1) is 18.0. The van der Waals surface area contributed by atoms with Crippen LogP contribution in [0.2, 0.25) is 0 Å².